The topological polar surface area (TPSA) is 80.9 Å². The predicted octanol–water partition coefficient (Wildman–Crippen LogP) is 0.927. The Morgan fingerprint density at radius 2 is 2.00 bits per heavy atom. The van der Waals surface area contributed by atoms with Crippen molar-refractivity contribution in [1.82, 2.24) is 9.07 Å². The molecule has 5 nitrogen and oxygen atoms in total. The second-order valence-electron chi connectivity index (χ2n) is 2.93. The number of benzene rings is 1. The van der Waals surface area contributed by atoms with Crippen LogP contribution in [0.25, 0.3) is 11.0 Å². The van der Waals surface area contributed by atoms with Gasteiger partial charge in [-0.2, -0.15) is 0 Å². The minimum Gasteiger partial charge on any atom is -0.397 e. The fourth-order valence-corrected chi connectivity index (χ4v) is 1.59. The van der Waals surface area contributed by atoms with Crippen LogP contribution in [-0.2, 0) is 0 Å². The first-order chi connectivity index (χ1) is 7.00. The summed E-state index contributed by atoms with van der Waals surface area (Å²) in [6, 6.07) is 2.86. The second kappa shape index (κ2) is 3.29. The molecule has 15 heavy (non-hydrogen) atoms. The van der Waals surface area contributed by atoms with Gasteiger partial charge in [-0.25, -0.2) is 4.09 Å². The molecular formula is C8H5Cl2N3O2. The first kappa shape index (κ1) is 10.1. The van der Waals surface area contributed by atoms with Crippen molar-refractivity contribution >= 4 is 40.1 Å². The summed E-state index contributed by atoms with van der Waals surface area (Å²) in [4.78, 5) is 24.6. The van der Waals surface area contributed by atoms with Crippen LogP contribution in [0.3, 0.4) is 0 Å². The van der Waals surface area contributed by atoms with Crippen LogP contribution >= 0.6 is 23.4 Å². The van der Waals surface area contributed by atoms with Gasteiger partial charge in [0.1, 0.15) is 0 Å². The number of hydrogen-bond donors (Lipinski definition) is 2. The third-order valence-corrected chi connectivity index (χ3v) is 2.61. The first-order valence-electron chi connectivity index (χ1n) is 3.91. The first-order valence-corrected chi connectivity index (χ1v) is 4.62. The van der Waals surface area contributed by atoms with Crippen LogP contribution in [0.5, 0.6) is 0 Å². The van der Waals surface area contributed by atoms with E-state index < -0.39 is 11.1 Å². The molecule has 7 heteroatoms. The van der Waals surface area contributed by atoms with Crippen molar-refractivity contribution < 1.29 is 0 Å². The van der Waals surface area contributed by atoms with E-state index in [1.54, 1.807) is 0 Å². The van der Waals surface area contributed by atoms with Crippen LogP contribution in [0.2, 0.25) is 5.02 Å². The van der Waals surface area contributed by atoms with E-state index in [-0.39, 0.29) is 5.02 Å². The summed E-state index contributed by atoms with van der Waals surface area (Å²) < 4.78 is 0.708. The number of fused-ring (bicyclic) bond motifs is 1. The van der Waals surface area contributed by atoms with E-state index in [0.29, 0.717) is 20.8 Å². The average Bonchev–Trinajstić information content (AvgIpc) is 2.19. The second-order valence-corrected chi connectivity index (χ2v) is 3.68. The van der Waals surface area contributed by atoms with Crippen LogP contribution in [0.4, 0.5) is 5.69 Å². The zero-order valence-corrected chi connectivity index (χ0v) is 8.76. The maximum atomic E-state index is 11.2. The molecule has 0 aliphatic rings. The SMILES string of the molecule is Nc1cc2[nH]c(=O)c(=O)n(Cl)c2cc1Cl. The largest absolute Gasteiger partial charge is 0.397 e. The van der Waals surface area contributed by atoms with Gasteiger partial charge in [-0.15, -0.1) is 0 Å². The number of nitrogens with one attached hydrogen (secondary N) is 1. The highest BCUT2D eigenvalue weighted by Gasteiger charge is 2.08. The van der Waals surface area contributed by atoms with Gasteiger partial charge in [-0.05, 0) is 12.1 Å². The zero-order chi connectivity index (χ0) is 11.2. The normalized spacial score (nSPS) is 10.8. The Hall–Kier alpha value is -1.46. The highest BCUT2D eigenvalue weighted by Crippen LogP contribution is 2.23. The lowest BCUT2D eigenvalue weighted by atomic mass is 10.2. The summed E-state index contributed by atoms with van der Waals surface area (Å²) in [5, 5.41) is 0.267. The standard InChI is InChI=1S/C8H5Cl2N3O2/c9-3-1-6-5(2-4(3)11)12-7(14)8(15)13(6)10/h1-2H,11H2,(H,12,14). The third-order valence-electron chi connectivity index (χ3n) is 1.95. The number of hydrogen-bond acceptors (Lipinski definition) is 3. The zero-order valence-electron chi connectivity index (χ0n) is 7.25. The van der Waals surface area contributed by atoms with E-state index in [1.165, 1.54) is 12.1 Å². The smallest absolute Gasteiger partial charge is 0.331 e. The van der Waals surface area contributed by atoms with Crippen LogP contribution < -0.4 is 16.9 Å². The molecule has 0 unspecified atom stereocenters. The molecule has 0 spiro atoms. The van der Waals surface area contributed by atoms with Crippen molar-refractivity contribution in [3.05, 3.63) is 37.9 Å². The fourth-order valence-electron chi connectivity index (χ4n) is 1.22. The number of nitrogens with two attached hydrogens (primary N) is 1. The third kappa shape index (κ3) is 1.49. The van der Waals surface area contributed by atoms with E-state index in [0.717, 1.165) is 0 Å². The fraction of sp³-hybridized carbons (Fsp3) is 0. The number of aromatic nitrogens is 2. The molecule has 3 N–H and O–H groups in total. The van der Waals surface area contributed by atoms with Crippen molar-refractivity contribution in [1.29, 1.82) is 0 Å². The molecule has 0 fully saturated rings. The predicted molar refractivity (Wildman–Crippen MR) is 59.5 cm³/mol. The Labute approximate surface area is 93.1 Å². The van der Waals surface area contributed by atoms with E-state index in [2.05, 4.69) is 4.98 Å². The van der Waals surface area contributed by atoms with Gasteiger partial charge in [0.2, 0.25) is 0 Å². The molecule has 0 saturated carbocycles. The Morgan fingerprint density at radius 3 is 2.67 bits per heavy atom. The van der Waals surface area contributed by atoms with E-state index in [4.69, 9.17) is 29.1 Å². The highest BCUT2D eigenvalue weighted by atomic mass is 35.5. The number of rotatable bonds is 0. The Balaban J connectivity index is 3.06. The quantitative estimate of drug-likeness (QED) is 0.535. The molecule has 0 aliphatic carbocycles. The van der Waals surface area contributed by atoms with Crippen molar-refractivity contribution in [2.45, 2.75) is 0 Å². The lowest BCUT2D eigenvalue weighted by Gasteiger charge is -2.04. The molecule has 2 aromatic rings. The molecular weight excluding hydrogens is 241 g/mol. The van der Waals surface area contributed by atoms with Crippen molar-refractivity contribution in [3.8, 4) is 0 Å². The molecule has 0 bridgehead atoms. The van der Waals surface area contributed by atoms with Gasteiger partial charge in [0.25, 0.3) is 0 Å². The van der Waals surface area contributed by atoms with Gasteiger partial charge in [0.05, 0.1) is 21.7 Å². The number of nitrogen functional groups attached to an aromatic ring is 1. The van der Waals surface area contributed by atoms with Gasteiger partial charge >= 0.3 is 11.1 Å². The van der Waals surface area contributed by atoms with Crippen molar-refractivity contribution in [2.24, 2.45) is 0 Å². The van der Waals surface area contributed by atoms with Gasteiger partial charge in [-0.1, -0.05) is 11.6 Å². The van der Waals surface area contributed by atoms with E-state index in [1.807, 2.05) is 0 Å². The molecule has 1 aromatic heterocycles. The molecule has 2 rings (SSSR count). The summed E-state index contributed by atoms with van der Waals surface area (Å²) in [5.74, 6) is 0. The maximum Gasteiger partial charge on any atom is 0.331 e. The lowest BCUT2D eigenvalue weighted by Crippen LogP contribution is -2.32. The van der Waals surface area contributed by atoms with Crippen LogP contribution in [-0.4, -0.2) is 9.07 Å². The molecule has 0 amide bonds. The molecule has 0 atom stereocenters. The summed E-state index contributed by atoms with van der Waals surface area (Å²) in [7, 11) is 0. The number of aromatic amines is 1. The van der Waals surface area contributed by atoms with Crippen LogP contribution in [0, 0.1) is 0 Å². The summed E-state index contributed by atoms with van der Waals surface area (Å²) in [5.41, 5.74) is 4.84. The summed E-state index contributed by atoms with van der Waals surface area (Å²) in [6.45, 7) is 0. The maximum absolute atomic E-state index is 11.2. The molecule has 1 aromatic carbocycles. The van der Waals surface area contributed by atoms with Gasteiger partial charge in [0.15, 0.2) is 0 Å². The summed E-state index contributed by atoms with van der Waals surface area (Å²) >= 11 is 11.4. The summed E-state index contributed by atoms with van der Waals surface area (Å²) in [6.07, 6.45) is 0. The lowest BCUT2D eigenvalue weighted by molar-refractivity contribution is 1.09. The van der Waals surface area contributed by atoms with E-state index in [9.17, 15) is 9.59 Å². The monoisotopic (exact) mass is 245 g/mol. The number of H-pyrrole nitrogens is 1. The Kier molecular flexibility index (Phi) is 2.21. The van der Waals surface area contributed by atoms with Crippen LogP contribution in [0.15, 0.2) is 21.7 Å². The van der Waals surface area contributed by atoms with Crippen molar-refractivity contribution in [3.63, 3.8) is 0 Å². The Morgan fingerprint density at radius 1 is 1.33 bits per heavy atom. The van der Waals surface area contributed by atoms with Gasteiger partial charge in [0, 0.05) is 11.8 Å². The minimum atomic E-state index is -0.856. The highest BCUT2D eigenvalue weighted by molar-refractivity contribution is 6.34. The molecule has 78 valence electrons. The molecule has 0 saturated heterocycles. The number of halogens is 2. The number of nitrogens with zero attached hydrogens (tertiary/aromatic N) is 1. The van der Waals surface area contributed by atoms with Crippen LogP contribution in [0.1, 0.15) is 0 Å². The molecule has 0 radical (unpaired) electrons. The van der Waals surface area contributed by atoms with Gasteiger partial charge < -0.3 is 10.7 Å². The molecule has 1 heterocycles. The van der Waals surface area contributed by atoms with E-state index >= 15 is 0 Å². The molecule has 0 aliphatic heterocycles. The average molecular weight is 246 g/mol. The number of anilines is 1. The van der Waals surface area contributed by atoms with Crippen molar-refractivity contribution in [2.75, 3.05) is 5.73 Å². The minimum absolute atomic E-state index is 0.267. The van der Waals surface area contributed by atoms with Gasteiger partial charge in [-0.3, -0.25) is 9.59 Å². The Bertz CT molecular complexity index is 659.